The van der Waals surface area contributed by atoms with Gasteiger partial charge < -0.3 is 11.1 Å². The highest BCUT2D eigenvalue weighted by atomic mass is 35.5. The molecule has 1 aliphatic heterocycles. The molecule has 2 aromatic heterocycles. The van der Waals surface area contributed by atoms with E-state index in [1.165, 1.54) is 42.5 Å². The fourth-order valence-electron chi connectivity index (χ4n) is 4.71. The number of benzene rings is 2. The minimum atomic E-state index is -5.73. The molecule has 0 bridgehead atoms. The number of hydrogen-bond acceptors (Lipinski definition) is 7. The van der Waals surface area contributed by atoms with Gasteiger partial charge in [0.05, 0.1) is 21.7 Å². The molecule has 0 saturated carbocycles. The highest BCUT2D eigenvalue weighted by Crippen LogP contribution is 2.45. The van der Waals surface area contributed by atoms with E-state index in [1.54, 1.807) is 6.92 Å². The molecule has 41 heavy (non-hydrogen) atoms. The number of fused-ring (bicyclic) bond motifs is 2. The third-order valence-electron chi connectivity index (χ3n) is 6.97. The van der Waals surface area contributed by atoms with Crippen LogP contribution in [0.15, 0.2) is 47.4 Å². The Labute approximate surface area is 234 Å². The second kappa shape index (κ2) is 9.34. The molecule has 3 N–H and O–H groups in total. The van der Waals surface area contributed by atoms with Crippen molar-refractivity contribution in [1.29, 1.82) is 0 Å². The second-order valence-corrected chi connectivity index (χ2v) is 12.2. The van der Waals surface area contributed by atoms with Crippen molar-refractivity contribution in [2.75, 3.05) is 17.3 Å². The summed E-state index contributed by atoms with van der Waals surface area (Å²) in [7, 11) is -3.49. The molecule has 0 radical (unpaired) electrons. The highest BCUT2D eigenvalue weighted by molar-refractivity contribution is 7.90. The van der Waals surface area contributed by atoms with Gasteiger partial charge in [-0.2, -0.15) is 41.7 Å². The summed E-state index contributed by atoms with van der Waals surface area (Å²) in [6.45, 7) is 1.56. The average Bonchev–Trinajstić information content (AvgIpc) is 3.36. The molecular formula is C25H20ClF5N6O3S. The molecule has 1 atom stereocenters. The van der Waals surface area contributed by atoms with E-state index in [2.05, 4.69) is 20.4 Å². The van der Waals surface area contributed by atoms with Crippen molar-refractivity contribution in [2.24, 2.45) is 0 Å². The van der Waals surface area contributed by atoms with Gasteiger partial charge >= 0.3 is 12.1 Å². The number of alkyl halides is 5. The van der Waals surface area contributed by atoms with Crippen molar-refractivity contribution in [2.45, 2.75) is 42.2 Å². The van der Waals surface area contributed by atoms with Crippen molar-refractivity contribution in [3.05, 3.63) is 64.3 Å². The van der Waals surface area contributed by atoms with E-state index in [1.807, 2.05) is 0 Å². The van der Waals surface area contributed by atoms with Gasteiger partial charge in [0.25, 0.3) is 5.95 Å². The zero-order valence-electron chi connectivity index (χ0n) is 21.2. The molecule has 216 valence electrons. The molecule has 9 nitrogen and oxygen atoms in total. The first-order valence-electron chi connectivity index (χ1n) is 11.9. The fourth-order valence-corrected chi connectivity index (χ4v) is 5.51. The van der Waals surface area contributed by atoms with Crippen LogP contribution >= 0.6 is 11.6 Å². The molecule has 1 aliphatic rings. The smallest absolute Gasteiger partial charge is 0.383 e. The van der Waals surface area contributed by atoms with Crippen LogP contribution in [0.2, 0.25) is 5.02 Å². The number of anilines is 2. The number of carbonyl (C=O) groups excluding carboxylic acids is 1. The number of carbonyl (C=O) groups is 1. The number of nitrogens with zero attached hydrogens (tertiary/aromatic N) is 4. The lowest BCUT2D eigenvalue weighted by atomic mass is 9.78. The van der Waals surface area contributed by atoms with E-state index in [0.717, 1.165) is 10.9 Å². The van der Waals surface area contributed by atoms with Crippen LogP contribution in [0.25, 0.3) is 16.9 Å². The van der Waals surface area contributed by atoms with Gasteiger partial charge in [-0.3, -0.25) is 4.79 Å². The molecule has 5 rings (SSSR count). The Morgan fingerprint density at radius 3 is 2.34 bits per heavy atom. The summed E-state index contributed by atoms with van der Waals surface area (Å²) in [5.74, 6) is -5.76. The first kappa shape index (κ1) is 28.7. The Bertz CT molecular complexity index is 1830. The number of amides is 1. The molecule has 3 heterocycles. The van der Waals surface area contributed by atoms with Crippen LogP contribution in [0.3, 0.4) is 0 Å². The molecular weight excluding hydrogens is 595 g/mol. The van der Waals surface area contributed by atoms with E-state index < -0.39 is 46.1 Å². The number of sulfone groups is 1. The van der Waals surface area contributed by atoms with Crippen LogP contribution in [-0.4, -0.2) is 52.4 Å². The lowest BCUT2D eigenvalue weighted by Crippen LogP contribution is -2.36. The maximum atomic E-state index is 13.7. The van der Waals surface area contributed by atoms with E-state index in [0.29, 0.717) is 5.56 Å². The van der Waals surface area contributed by atoms with Crippen molar-refractivity contribution >= 4 is 49.9 Å². The van der Waals surface area contributed by atoms with Gasteiger partial charge in [-0.25, -0.2) is 8.42 Å². The molecule has 0 spiro atoms. The van der Waals surface area contributed by atoms with Gasteiger partial charge in [0.15, 0.2) is 9.84 Å². The maximum Gasteiger partial charge on any atom is 0.453 e. The standard InChI is InChI=1S/C25H20ClF5N6O3S/c1-23(12-3-6-14(7-4-12)41(2,39)40)18-19(32)33-22(35-20(18)34-21(23)38)37-17-8-5-13(26)11-15(17)16(36-37)9-10-24(27,28)25(29,30)31/h3-8,11H,9-10H2,1-2H3,(H3,32,33,34,35,38). The summed E-state index contributed by atoms with van der Waals surface area (Å²) in [4.78, 5) is 21.9. The third kappa shape index (κ3) is 4.76. The number of nitrogen functional groups attached to an aromatic ring is 1. The van der Waals surface area contributed by atoms with Crippen molar-refractivity contribution in [1.82, 2.24) is 19.7 Å². The minimum Gasteiger partial charge on any atom is -0.383 e. The zero-order chi connectivity index (χ0) is 30.1. The minimum absolute atomic E-state index is 0.0231. The van der Waals surface area contributed by atoms with E-state index in [-0.39, 0.29) is 49.7 Å². The first-order valence-corrected chi connectivity index (χ1v) is 14.1. The maximum absolute atomic E-state index is 13.7. The van der Waals surface area contributed by atoms with Crippen LogP contribution < -0.4 is 11.1 Å². The molecule has 0 aliphatic carbocycles. The van der Waals surface area contributed by atoms with Crippen molar-refractivity contribution in [3.63, 3.8) is 0 Å². The number of nitrogens with one attached hydrogen (secondary N) is 1. The fraction of sp³-hybridized carbons (Fsp3) is 0.280. The number of hydrogen-bond donors (Lipinski definition) is 2. The van der Waals surface area contributed by atoms with Gasteiger partial charge in [0.1, 0.15) is 17.1 Å². The second-order valence-electron chi connectivity index (χ2n) is 9.73. The lowest BCUT2D eigenvalue weighted by molar-refractivity contribution is -0.284. The molecule has 0 fully saturated rings. The summed E-state index contributed by atoms with van der Waals surface area (Å²) >= 11 is 6.05. The van der Waals surface area contributed by atoms with Crippen LogP contribution in [0.1, 0.15) is 30.2 Å². The van der Waals surface area contributed by atoms with E-state index in [9.17, 15) is 35.2 Å². The van der Waals surface area contributed by atoms with Gasteiger partial charge in [0.2, 0.25) is 5.91 Å². The summed E-state index contributed by atoms with van der Waals surface area (Å²) in [5.41, 5.74) is 5.67. The summed E-state index contributed by atoms with van der Waals surface area (Å²) in [6, 6.07) is 9.98. The van der Waals surface area contributed by atoms with E-state index in [4.69, 9.17) is 17.3 Å². The topological polar surface area (TPSA) is 133 Å². The van der Waals surface area contributed by atoms with Gasteiger partial charge in [-0.1, -0.05) is 23.7 Å². The SMILES string of the molecule is CC1(c2ccc(S(C)(=O)=O)cc2)C(=O)Nc2nc(-n3nc(CCC(F)(F)C(F)(F)F)c4cc(Cl)ccc43)nc(N)c21. The number of rotatable bonds is 6. The third-order valence-corrected chi connectivity index (χ3v) is 8.33. The monoisotopic (exact) mass is 614 g/mol. The molecule has 2 aromatic carbocycles. The van der Waals surface area contributed by atoms with Gasteiger partial charge in [0, 0.05) is 23.1 Å². The normalized spacial score (nSPS) is 17.6. The van der Waals surface area contributed by atoms with E-state index >= 15 is 0 Å². The van der Waals surface area contributed by atoms with Crippen LogP contribution in [-0.2, 0) is 26.5 Å². The Morgan fingerprint density at radius 1 is 1.07 bits per heavy atom. The number of nitrogens with two attached hydrogens (primary N) is 1. The summed E-state index contributed by atoms with van der Waals surface area (Å²) in [5, 5.41) is 7.24. The highest BCUT2D eigenvalue weighted by Gasteiger charge is 2.56. The number of aromatic nitrogens is 4. The summed E-state index contributed by atoms with van der Waals surface area (Å²) < 4.78 is 90.4. The van der Waals surface area contributed by atoms with Crippen molar-refractivity contribution in [3.8, 4) is 5.95 Å². The Balaban J connectivity index is 1.59. The van der Waals surface area contributed by atoms with Crippen molar-refractivity contribution < 1.29 is 35.2 Å². The molecule has 16 heteroatoms. The van der Waals surface area contributed by atoms with Gasteiger partial charge in [-0.05, 0) is 49.2 Å². The predicted molar refractivity (Wildman–Crippen MR) is 140 cm³/mol. The average molecular weight is 615 g/mol. The predicted octanol–water partition coefficient (Wildman–Crippen LogP) is 4.84. The van der Waals surface area contributed by atoms with Gasteiger partial charge in [-0.15, -0.1) is 0 Å². The molecule has 1 unspecified atom stereocenters. The number of aryl methyl sites for hydroxylation is 1. The molecule has 0 saturated heterocycles. The molecule has 4 aromatic rings. The molecule has 1 amide bonds. The van der Waals surface area contributed by atoms with Crippen LogP contribution in [0.5, 0.6) is 0 Å². The Hall–Kier alpha value is -3.85. The zero-order valence-corrected chi connectivity index (χ0v) is 22.8. The lowest BCUT2D eigenvalue weighted by Gasteiger charge is -2.23. The quantitative estimate of drug-likeness (QED) is 0.297. The first-order chi connectivity index (χ1) is 18.9. The Kier molecular flexibility index (Phi) is 6.53. The Morgan fingerprint density at radius 2 is 1.73 bits per heavy atom. The number of halogens is 6. The summed E-state index contributed by atoms with van der Waals surface area (Å²) in [6.07, 6.45) is -6.96. The largest absolute Gasteiger partial charge is 0.453 e. The van der Waals surface area contributed by atoms with Crippen LogP contribution in [0.4, 0.5) is 33.6 Å². The van der Waals surface area contributed by atoms with Crippen LogP contribution in [0, 0.1) is 0 Å².